The molecule has 0 aliphatic heterocycles. The largest absolute Gasteiger partial charge is 0.383 e. The molecule has 0 bridgehead atoms. The van der Waals surface area contributed by atoms with Gasteiger partial charge in [0.1, 0.15) is 16.6 Å². The van der Waals surface area contributed by atoms with Crippen LogP contribution in [-0.2, 0) is 5.75 Å². The molecule has 0 amide bonds. The number of rotatable bonds is 3. The summed E-state index contributed by atoms with van der Waals surface area (Å²) in [7, 11) is 0. The highest BCUT2D eigenvalue weighted by Gasteiger charge is 2.03. The van der Waals surface area contributed by atoms with Gasteiger partial charge in [0.25, 0.3) is 0 Å². The van der Waals surface area contributed by atoms with Gasteiger partial charge in [-0.15, -0.1) is 11.3 Å². The Kier molecular flexibility index (Phi) is 3.02. The third-order valence-electron chi connectivity index (χ3n) is 1.55. The van der Waals surface area contributed by atoms with Gasteiger partial charge in [-0.3, -0.25) is 0 Å². The van der Waals surface area contributed by atoms with Crippen molar-refractivity contribution < 1.29 is 0 Å². The predicted octanol–water partition coefficient (Wildman–Crippen LogP) is 1.39. The second kappa shape index (κ2) is 4.45. The van der Waals surface area contributed by atoms with Crippen LogP contribution in [0.1, 0.15) is 5.01 Å². The Morgan fingerprint density at radius 3 is 2.60 bits per heavy atom. The van der Waals surface area contributed by atoms with Gasteiger partial charge in [0, 0.05) is 17.6 Å². The molecule has 4 N–H and O–H groups in total. The van der Waals surface area contributed by atoms with E-state index >= 15 is 0 Å². The lowest BCUT2D eigenvalue weighted by Gasteiger charge is -2.00. The van der Waals surface area contributed by atoms with Gasteiger partial charge in [0.15, 0.2) is 5.16 Å². The number of hydrogen-bond donors (Lipinski definition) is 2. The van der Waals surface area contributed by atoms with E-state index in [9.17, 15) is 0 Å². The Balaban J connectivity index is 2.05. The number of nitrogens with zero attached hydrogens (tertiary/aromatic N) is 3. The predicted molar refractivity (Wildman–Crippen MR) is 62.5 cm³/mol. The summed E-state index contributed by atoms with van der Waals surface area (Å²) < 4.78 is 0. The van der Waals surface area contributed by atoms with Crippen LogP contribution in [0.2, 0.25) is 0 Å². The van der Waals surface area contributed by atoms with Crippen LogP contribution in [0.3, 0.4) is 0 Å². The first-order valence-corrected chi connectivity index (χ1v) is 6.02. The van der Waals surface area contributed by atoms with Crippen molar-refractivity contribution in [2.45, 2.75) is 10.9 Å². The zero-order chi connectivity index (χ0) is 10.7. The standard InChI is InChI=1S/C8H9N5S2/c9-5-3-6(10)13-8(12-5)15-4-7-11-1-2-14-7/h1-3H,4H2,(H4,9,10,12,13). The van der Waals surface area contributed by atoms with Crippen LogP contribution in [0.4, 0.5) is 11.6 Å². The van der Waals surface area contributed by atoms with E-state index in [2.05, 4.69) is 15.0 Å². The summed E-state index contributed by atoms with van der Waals surface area (Å²) >= 11 is 3.07. The van der Waals surface area contributed by atoms with Gasteiger partial charge >= 0.3 is 0 Å². The molecule has 2 aromatic heterocycles. The minimum absolute atomic E-state index is 0.393. The maximum atomic E-state index is 5.55. The minimum atomic E-state index is 0.393. The Morgan fingerprint density at radius 1 is 1.27 bits per heavy atom. The number of aromatic nitrogens is 3. The maximum absolute atomic E-state index is 5.55. The lowest BCUT2D eigenvalue weighted by atomic mass is 10.5. The summed E-state index contributed by atoms with van der Waals surface area (Å²) in [5, 5.41) is 3.55. The third-order valence-corrected chi connectivity index (χ3v) is 3.37. The lowest BCUT2D eigenvalue weighted by molar-refractivity contribution is 0.983. The number of thiazole rings is 1. The lowest BCUT2D eigenvalue weighted by Crippen LogP contribution is -1.99. The monoisotopic (exact) mass is 239 g/mol. The molecule has 2 aromatic rings. The second-order valence-electron chi connectivity index (χ2n) is 2.71. The molecule has 0 aliphatic carbocycles. The molecule has 0 aliphatic rings. The van der Waals surface area contributed by atoms with Crippen LogP contribution < -0.4 is 11.5 Å². The van der Waals surface area contributed by atoms with Gasteiger partial charge in [-0.25, -0.2) is 15.0 Å². The van der Waals surface area contributed by atoms with Crippen molar-refractivity contribution in [1.29, 1.82) is 0 Å². The molecule has 0 aromatic carbocycles. The molecule has 0 fully saturated rings. The van der Waals surface area contributed by atoms with Gasteiger partial charge in [-0.05, 0) is 0 Å². The second-order valence-corrected chi connectivity index (χ2v) is 4.64. The third kappa shape index (κ3) is 2.80. The summed E-state index contributed by atoms with van der Waals surface area (Å²) in [6.07, 6.45) is 1.77. The van der Waals surface area contributed by atoms with Crippen LogP contribution >= 0.6 is 23.1 Å². The first-order chi connectivity index (χ1) is 7.24. The molecular weight excluding hydrogens is 230 g/mol. The van der Waals surface area contributed by atoms with Crippen molar-refractivity contribution in [3.05, 3.63) is 22.7 Å². The van der Waals surface area contributed by atoms with Crippen molar-refractivity contribution >= 4 is 34.7 Å². The molecule has 0 unspecified atom stereocenters. The summed E-state index contributed by atoms with van der Waals surface area (Å²) in [6.45, 7) is 0. The zero-order valence-corrected chi connectivity index (χ0v) is 9.38. The maximum Gasteiger partial charge on any atom is 0.191 e. The average Bonchev–Trinajstić information content (AvgIpc) is 2.65. The normalized spacial score (nSPS) is 10.4. The van der Waals surface area contributed by atoms with E-state index in [0.29, 0.717) is 16.8 Å². The molecule has 0 saturated heterocycles. The number of anilines is 2. The number of nitrogen functional groups attached to an aromatic ring is 2. The molecule has 2 heterocycles. The molecule has 0 saturated carbocycles. The topological polar surface area (TPSA) is 90.7 Å². The van der Waals surface area contributed by atoms with E-state index in [1.165, 1.54) is 17.8 Å². The number of nitrogens with two attached hydrogens (primary N) is 2. The summed E-state index contributed by atoms with van der Waals surface area (Å²) in [5.74, 6) is 1.52. The molecule has 0 atom stereocenters. The van der Waals surface area contributed by atoms with Gasteiger partial charge in [0.05, 0.1) is 5.75 Å². The number of thioether (sulfide) groups is 1. The molecular formula is C8H9N5S2. The van der Waals surface area contributed by atoms with Crippen LogP contribution in [0.25, 0.3) is 0 Å². The Morgan fingerprint density at radius 2 is 2.00 bits per heavy atom. The first kappa shape index (κ1) is 10.2. The summed E-state index contributed by atoms with van der Waals surface area (Å²) in [5.41, 5.74) is 11.1. The zero-order valence-electron chi connectivity index (χ0n) is 7.75. The van der Waals surface area contributed by atoms with Gasteiger partial charge in [-0.1, -0.05) is 11.8 Å². The van der Waals surface area contributed by atoms with Crippen molar-refractivity contribution in [2.75, 3.05) is 11.5 Å². The Hall–Kier alpha value is -1.34. The van der Waals surface area contributed by atoms with Gasteiger partial charge in [0.2, 0.25) is 0 Å². The van der Waals surface area contributed by atoms with Crippen molar-refractivity contribution in [1.82, 2.24) is 15.0 Å². The highest BCUT2D eigenvalue weighted by Crippen LogP contribution is 2.21. The van der Waals surface area contributed by atoms with E-state index in [1.54, 1.807) is 17.5 Å². The highest BCUT2D eigenvalue weighted by atomic mass is 32.2. The highest BCUT2D eigenvalue weighted by molar-refractivity contribution is 7.98. The van der Waals surface area contributed by atoms with Gasteiger partial charge < -0.3 is 11.5 Å². The molecule has 0 spiro atoms. The Labute approximate surface area is 95.0 Å². The smallest absolute Gasteiger partial charge is 0.191 e. The van der Waals surface area contributed by atoms with E-state index in [1.807, 2.05) is 5.38 Å². The van der Waals surface area contributed by atoms with E-state index < -0.39 is 0 Å². The summed E-state index contributed by atoms with van der Waals surface area (Å²) in [4.78, 5) is 12.3. The van der Waals surface area contributed by atoms with Crippen molar-refractivity contribution in [3.63, 3.8) is 0 Å². The SMILES string of the molecule is Nc1cc(N)nc(SCc2nccs2)n1. The average molecular weight is 239 g/mol. The van der Waals surface area contributed by atoms with Crippen molar-refractivity contribution in [2.24, 2.45) is 0 Å². The summed E-state index contributed by atoms with van der Waals surface area (Å²) in [6, 6.07) is 1.54. The minimum Gasteiger partial charge on any atom is -0.383 e. The van der Waals surface area contributed by atoms with Crippen LogP contribution in [0.15, 0.2) is 22.8 Å². The quantitative estimate of drug-likeness (QED) is 0.621. The fourth-order valence-electron chi connectivity index (χ4n) is 0.977. The van der Waals surface area contributed by atoms with Crippen LogP contribution in [0.5, 0.6) is 0 Å². The van der Waals surface area contributed by atoms with E-state index in [-0.39, 0.29) is 0 Å². The fourth-order valence-corrected chi connectivity index (χ4v) is 2.49. The molecule has 15 heavy (non-hydrogen) atoms. The molecule has 5 nitrogen and oxygen atoms in total. The van der Waals surface area contributed by atoms with Crippen molar-refractivity contribution in [3.8, 4) is 0 Å². The molecule has 0 radical (unpaired) electrons. The first-order valence-electron chi connectivity index (χ1n) is 4.15. The number of hydrogen-bond acceptors (Lipinski definition) is 7. The fraction of sp³-hybridized carbons (Fsp3) is 0.125. The van der Waals surface area contributed by atoms with E-state index in [4.69, 9.17) is 11.5 Å². The molecule has 2 rings (SSSR count). The molecule has 7 heteroatoms. The van der Waals surface area contributed by atoms with Crippen LogP contribution in [0, 0.1) is 0 Å². The molecule has 78 valence electrons. The van der Waals surface area contributed by atoms with Crippen LogP contribution in [-0.4, -0.2) is 15.0 Å². The Bertz CT molecular complexity index is 422. The van der Waals surface area contributed by atoms with Gasteiger partial charge in [-0.2, -0.15) is 0 Å². The van der Waals surface area contributed by atoms with E-state index in [0.717, 1.165) is 10.8 Å².